The number of methoxy groups -OCH3 is 1. The largest absolute Gasteiger partial charge is 0.384 e. The van der Waals surface area contributed by atoms with Gasteiger partial charge in [0.15, 0.2) is 0 Å². The van der Waals surface area contributed by atoms with Crippen molar-refractivity contribution >= 4 is 15.8 Å². The van der Waals surface area contributed by atoms with Crippen LogP contribution < -0.4 is 11.3 Å². The molecule has 1 aromatic heterocycles. The minimum Gasteiger partial charge on any atom is -0.384 e. The van der Waals surface area contributed by atoms with Crippen LogP contribution in [-0.4, -0.2) is 44.5 Å². The molecule has 1 atom stereocenters. The molecule has 20 heavy (non-hydrogen) atoms. The van der Waals surface area contributed by atoms with E-state index < -0.39 is 10.0 Å². The molecule has 0 saturated carbocycles. The van der Waals surface area contributed by atoms with Crippen LogP contribution in [0.3, 0.4) is 0 Å². The lowest BCUT2D eigenvalue weighted by Gasteiger charge is -2.31. The third kappa shape index (κ3) is 3.26. The molecule has 1 unspecified atom stereocenters. The van der Waals surface area contributed by atoms with Gasteiger partial charge in [-0.05, 0) is 24.8 Å². The van der Waals surface area contributed by atoms with Crippen molar-refractivity contribution in [3.63, 3.8) is 0 Å². The van der Waals surface area contributed by atoms with E-state index in [1.165, 1.54) is 22.6 Å². The van der Waals surface area contributed by atoms with Crippen LogP contribution >= 0.6 is 0 Å². The molecule has 0 bridgehead atoms. The summed E-state index contributed by atoms with van der Waals surface area (Å²) >= 11 is 0. The molecule has 0 aliphatic carbocycles. The molecule has 0 radical (unpaired) electrons. The lowest BCUT2D eigenvalue weighted by molar-refractivity contribution is 0.118. The van der Waals surface area contributed by atoms with Gasteiger partial charge in [-0.3, -0.25) is 0 Å². The Morgan fingerprint density at radius 3 is 3.10 bits per heavy atom. The first-order valence-electron chi connectivity index (χ1n) is 6.49. The molecule has 2 rings (SSSR count). The standard InChI is InChI=1S/C12H20N4O3S/c1-19-9-10-3-2-6-16(8-10)20(17,18)11-4-5-14-12(7-11)15-13/h4-5,7,10H,2-3,6,8-9,13H2,1H3,(H,14,15). The summed E-state index contributed by atoms with van der Waals surface area (Å²) in [6, 6.07) is 2.92. The molecule has 1 aliphatic rings. The fourth-order valence-electron chi connectivity index (χ4n) is 2.42. The topological polar surface area (TPSA) is 97.5 Å². The number of piperidine rings is 1. The fourth-order valence-corrected chi connectivity index (χ4v) is 3.98. The number of nitrogens with two attached hydrogens (primary N) is 1. The van der Waals surface area contributed by atoms with E-state index in [0.29, 0.717) is 25.5 Å². The van der Waals surface area contributed by atoms with Crippen LogP contribution in [0.2, 0.25) is 0 Å². The van der Waals surface area contributed by atoms with Gasteiger partial charge in [0.1, 0.15) is 5.82 Å². The molecule has 3 N–H and O–H groups in total. The number of ether oxygens (including phenoxy) is 1. The molecule has 2 heterocycles. The quantitative estimate of drug-likeness (QED) is 0.604. The van der Waals surface area contributed by atoms with E-state index in [1.54, 1.807) is 7.11 Å². The summed E-state index contributed by atoms with van der Waals surface area (Å²) in [5, 5.41) is 0. The first kappa shape index (κ1) is 15.2. The third-order valence-electron chi connectivity index (χ3n) is 3.40. The lowest BCUT2D eigenvalue weighted by atomic mass is 10.0. The number of aromatic nitrogens is 1. The molecule has 1 aliphatic heterocycles. The number of rotatable bonds is 5. The summed E-state index contributed by atoms with van der Waals surface area (Å²) < 4.78 is 31.8. The van der Waals surface area contributed by atoms with Crippen molar-refractivity contribution < 1.29 is 13.2 Å². The predicted molar refractivity (Wildman–Crippen MR) is 75.4 cm³/mol. The van der Waals surface area contributed by atoms with Crippen LogP contribution in [0.1, 0.15) is 12.8 Å². The number of pyridine rings is 1. The molecular weight excluding hydrogens is 280 g/mol. The van der Waals surface area contributed by atoms with Gasteiger partial charge in [-0.25, -0.2) is 19.2 Å². The van der Waals surface area contributed by atoms with Gasteiger partial charge in [0.05, 0.1) is 11.5 Å². The zero-order valence-corrected chi connectivity index (χ0v) is 12.3. The Kier molecular flexibility index (Phi) is 4.92. The molecular formula is C12H20N4O3S. The van der Waals surface area contributed by atoms with E-state index in [4.69, 9.17) is 10.6 Å². The van der Waals surface area contributed by atoms with E-state index in [9.17, 15) is 8.42 Å². The van der Waals surface area contributed by atoms with Gasteiger partial charge in [0.25, 0.3) is 0 Å². The van der Waals surface area contributed by atoms with Crippen molar-refractivity contribution in [1.82, 2.24) is 9.29 Å². The second-order valence-corrected chi connectivity index (χ2v) is 6.79. The molecule has 8 heteroatoms. The third-order valence-corrected chi connectivity index (χ3v) is 5.26. The van der Waals surface area contributed by atoms with E-state index in [2.05, 4.69) is 10.4 Å². The van der Waals surface area contributed by atoms with E-state index in [1.807, 2.05) is 0 Å². The maximum Gasteiger partial charge on any atom is 0.243 e. The second kappa shape index (κ2) is 6.49. The normalized spacial score (nSPS) is 20.8. The Morgan fingerprint density at radius 1 is 1.60 bits per heavy atom. The monoisotopic (exact) mass is 300 g/mol. The number of nitrogen functional groups attached to an aromatic ring is 1. The number of nitrogens with zero attached hydrogens (tertiary/aromatic N) is 2. The van der Waals surface area contributed by atoms with E-state index >= 15 is 0 Å². The predicted octanol–water partition coefficient (Wildman–Crippen LogP) is 0.414. The molecule has 1 aromatic rings. The highest BCUT2D eigenvalue weighted by atomic mass is 32.2. The highest BCUT2D eigenvalue weighted by Gasteiger charge is 2.30. The van der Waals surface area contributed by atoms with Crippen LogP contribution in [0.25, 0.3) is 0 Å². The van der Waals surface area contributed by atoms with Crippen molar-refractivity contribution in [2.45, 2.75) is 17.7 Å². The Balaban J connectivity index is 2.20. The van der Waals surface area contributed by atoms with Crippen molar-refractivity contribution in [3.8, 4) is 0 Å². The first-order valence-corrected chi connectivity index (χ1v) is 7.93. The van der Waals surface area contributed by atoms with Crippen LogP contribution in [-0.2, 0) is 14.8 Å². The summed E-state index contributed by atoms with van der Waals surface area (Å²) in [5.41, 5.74) is 2.36. The first-order chi connectivity index (χ1) is 9.57. The molecule has 0 spiro atoms. The number of sulfonamides is 1. The number of nitrogens with one attached hydrogen (secondary N) is 1. The van der Waals surface area contributed by atoms with Gasteiger partial charge in [-0.15, -0.1) is 0 Å². The maximum atomic E-state index is 12.6. The highest BCUT2D eigenvalue weighted by molar-refractivity contribution is 7.89. The minimum atomic E-state index is -3.50. The van der Waals surface area contributed by atoms with Gasteiger partial charge in [-0.1, -0.05) is 0 Å². The average molecular weight is 300 g/mol. The van der Waals surface area contributed by atoms with Crippen LogP contribution in [0.5, 0.6) is 0 Å². The number of hydrogen-bond acceptors (Lipinski definition) is 6. The van der Waals surface area contributed by atoms with Crippen LogP contribution in [0, 0.1) is 5.92 Å². The van der Waals surface area contributed by atoms with Gasteiger partial charge in [0.2, 0.25) is 10.0 Å². The van der Waals surface area contributed by atoms with Gasteiger partial charge in [0, 0.05) is 32.5 Å². The van der Waals surface area contributed by atoms with Crippen molar-refractivity contribution in [2.24, 2.45) is 11.8 Å². The van der Waals surface area contributed by atoms with Crippen LogP contribution in [0.15, 0.2) is 23.2 Å². The van der Waals surface area contributed by atoms with Gasteiger partial charge in [-0.2, -0.15) is 4.31 Å². The second-order valence-electron chi connectivity index (χ2n) is 4.85. The summed E-state index contributed by atoms with van der Waals surface area (Å²) in [4.78, 5) is 4.13. The molecule has 0 aromatic carbocycles. The molecule has 1 fully saturated rings. The number of hydrogen-bond donors (Lipinski definition) is 2. The van der Waals surface area contributed by atoms with E-state index in [-0.39, 0.29) is 10.8 Å². The van der Waals surface area contributed by atoms with Gasteiger partial charge >= 0.3 is 0 Å². The number of hydrazine groups is 1. The SMILES string of the molecule is COCC1CCCN(S(=O)(=O)c2ccnc(NN)c2)C1. The summed E-state index contributed by atoms with van der Waals surface area (Å²) in [7, 11) is -1.87. The lowest BCUT2D eigenvalue weighted by Crippen LogP contribution is -2.41. The zero-order valence-electron chi connectivity index (χ0n) is 11.4. The average Bonchev–Trinajstić information content (AvgIpc) is 2.48. The molecule has 1 saturated heterocycles. The maximum absolute atomic E-state index is 12.6. The Hall–Kier alpha value is -1.22. The summed E-state index contributed by atoms with van der Waals surface area (Å²) in [6.45, 7) is 1.61. The smallest absolute Gasteiger partial charge is 0.243 e. The van der Waals surface area contributed by atoms with Crippen molar-refractivity contribution in [3.05, 3.63) is 18.3 Å². The summed E-state index contributed by atoms with van der Waals surface area (Å²) in [5.74, 6) is 5.84. The molecule has 112 valence electrons. The molecule has 7 nitrogen and oxygen atoms in total. The Bertz CT molecular complexity index is 547. The highest BCUT2D eigenvalue weighted by Crippen LogP contribution is 2.24. The zero-order chi connectivity index (χ0) is 14.6. The summed E-state index contributed by atoms with van der Waals surface area (Å²) in [6.07, 6.45) is 3.27. The Morgan fingerprint density at radius 2 is 2.40 bits per heavy atom. The van der Waals surface area contributed by atoms with Gasteiger partial charge < -0.3 is 10.2 Å². The number of anilines is 1. The van der Waals surface area contributed by atoms with E-state index in [0.717, 1.165) is 12.8 Å². The van der Waals surface area contributed by atoms with Crippen LogP contribution in [0.4, 0.5) is 5.82 Å². The van der Waals surface area contributed by atoms with Crippen molar-refractivity contribution in [1.29, 1.82) is 0 Å². The minimum absolute atomic E-state index is 0.207. The van der Waals surface area contributed by atoms with Crippen molar-refractivity contribution in [2.75, 3.05) is 32.2 Å². The Labute approximate surface area is 119 Å². The fraction of sp³-hybridized carbons (Fsp3) is 0.583. The molecule has 0 amide bonds.